The van der Waals surface area contributed by atoms with E-state index in [4.69, 9.17) is 9.47 Å². The van der Waals surface area contributed by atoms with Crippen molar-refractivity contribution in [1.82, 2.24) is 25.5 Å². The summed E-state index contributed by atoms with van der Waals surface area (Å²) in [6.45, 7) is 2.79. The molecule has 2 heterocycles. The van der Waals surface area contributed by atoms with Crippen molar-refractivity contribution in [2.24, 2.45) is 0 Å². The molecule has 2 aromatic carbocycles. The number of amides is 1. The summed E-state index contributed by atoms with van der Waals surface area (Å²) in [5.74, 6) is 2.56. The summed E-state index contributed by atoms with van der Waals surface area (Å²) in [7, 11) is 1.62. The number of rotatable bonds is 9. The zero-order valence-electron chi connectivity index (χ0n) is 17.8. The minimum atomic E-state index is -0.137. The van der Waals surface area contributed by atoms with Crippen molar-refractivity contribution in [2.75, 3.05) is 13.7 Å². The average Bonchev–Trinajstić information content (AvgIpc) is 3.48. The molecule has 1 amide bonds. The lowest BCUT2D eigenvalue weighted by Crippen LogP contribution is -2.25. The molecule has 0 bridgehead atoms. The zero-order chi connectivity index (χ0) is 22.3. The van der Waals surface area contributed by atoms with E-state index >= 15 is 0 Å². The summed E-state index contributed by atoms with van der Waals surface area (Å²) in [5.41, 5.74) is 2.51. The van der Waals surface area contributed by atoms with Gasteiger partial charge in [-0.15, -0.1) is 11.3 Å². The molecular formula is C23H23N5O3S. The molecule has 4 aromatic rings. The highest BCUT2D eigenvalue weighted by atomic mass is 32.1. The molecule has 2 aromatic heterocycles. The van der Waals surface area contributed by atoms with Crippen molar-refractivity contribution in [2.45, 2.75) is 19.9 Å². The lowest BCUT2D eigenvalue weighted by atomic mass is 10.2. The summed E-state index contributed by atoms with van der Waals surface area (Å²) in [6, 6.07) is 15.2. The second kappa shape index (κ2) is 10.1. The van der Waals surface area contributed by atoms with Crippen LogP contribution < -0.4 is 14.8 Å². The maximum Gasteiger partial charge on any atom is 0.226 e. The van der Waals surface area contributed by atoms with Gasteiger partial charge in [0.1, 0.15) is 22.3 Å². The first-order chi connectivity index (χ1) is 15.7. The average molecular weight is 450 g/mol. The van der Waals surface area contributed by atoms with Crippen LogP contribution in [0.15, 0.2) is 53.9 Å². The van der Waals surface area contributed by atoms with E-state index in [1.807, 2.05) is 60.8 Å². The first kappa shape index (κ1) is 21.5. The standard InChI is InChI=1S/C23H23N5O3S/c1-3-31-19-7-5-4-6-18(19)23-25-16(14-32-23)12-21(29)24-13-20-26-22(28-27-20)15-8-10-17(30-2)11-9-15/h4-11,14H,3,12-13H2,1-2H3,(H,24,29)(H,26,27,28). The normalized spacial score (nSPS) is 10.7. The number of nitrogens with one attached hydrogen (secondary N) is 2. The van der Waals surface area contributed by atoms with Gasteiger partial charge in [-0.25, -0.2) is 9.97 Å². The van der Waals surface area contributed by atoms with Gasteiger partial charge >= 0.3 is 0 Å². The predicted molar refractivity (Wildman–Crippen MR) is 123 cm³/mol. The molecule has 2 N–H and O–H groups in total. The Bertz CT molecular complexity index is 1190. The molecule has 0 fully saturated rings. The van der Waals surface area contributed by atoms with Gasteiger partial charge in [0.05, 0.1) is 37.9 Å². The van der Waals surface area contributed by atoms with E-state index in [9.17, 15) is 4.79 Å². The Morgan fingerprint density at radius 1 is 1.12 bits per heavy atom. The highest BCUT2D eigenvalue weighted by Crippen LogP contribution is 2.32. The first-order valence-electron chi connectivity index (χ1n) is 10.1. The third-order valence-corrected chi connectivity index (χ3v) is 5.57. The molecule has 0 unspecified atom stereocenters. The molecule has 9 heteroatoms. The number of methoxy groups -OCH3 is 1. The molecule has 164 valence electrons. The van der Waals surface area contributed by atoms with Crippen molar-refractivity contribution < 1.29 is 14.3 Å². The van der Waals surface area contributed by atoms with Crippen LogP contribution in [0.5, 0.6) is 11.5 Å². The number of carbonyl (C=O) groups excluding carboxylic acids is 1. The van der Waals surface area contributed by atoms with Crippen molar-refractivity contribution in [1.29, 1.82) is 0 Å². The number of hydrogen-bond donors (Lipinski definition) is 2. The van der Waals surface area contributed by atoms with Crippen LogP contribution in [0, 0.1) is 0 Å². The maximum absolute atomic E-state index is 12.4. The van der Waals surface area contributed by atoms with Gasteiger partial charge in [-0.3, -0.25) is 9.89 Å². The summed E-state index contributed by atoms with van der Waals surface area (Å²) in [6.07, 6.45) is 0.187. The molecule has 8 nitrogen and oxygen atoms in total. The number of hydrogen-bond acceptors (Lipinski definition) is 7. The first-order valence-corrected chi connectivity index (χ1v) is 11.0. The van der Waals surface area contributed by atoms with E-state index in [2.05, 4.69) is 25.5 Å². The largest absolute Gasteiger partial charge is 0.497 e. The second-order valence-electron chi connectivity index (χ2n) is 6.86. The number of aromatic amines is 1. The summed E-state index contributed by atoms with van der Waals surface area (Å²) >= 11 is 1.49. The molecule has 0 aliphatic heterocycles. The van der Waals surface area contributed by atoms with Gasteiger partial charge < -0.3 is 14.8 Å². The van der Waals surface area contributed by atoms with Gasteiger partial charge in [0, 0.05) is 10.9 Å². The second-order valence-corrected chi connectivity index (χ2v) is 7.72. The fourth-order valence-corrected chi connectivity index (χ4v) is 3.94. The Morgan fingerprint density at radius 3 is 2.72 bits per heavy atom. The lowest BCUT2D eigenvalue weighted by Gasteiger charge is -2.07. The molecule has 4 rings (SSSR count). The van der Waals surface area contributed by atoms with E-state index in [-0.39, 0.29) is 18.9 Å². The monoisotopic (exact) mass is 449 g/mol. The molecule has 0 aliphatic carbocycles. The van der Waals surface area contributed by atoms with Crippen LogP contribution in [-0.2, 0) is 17.8 Å². The van der Waals surface area contributed by atoms with Gasteiger partial charge in [-0.2, -0.15) is 5.10 Å². The van der Waals surface area contributed by atoms with Crippen LogP contribution in [0.2, 0.25) is 0 Å². The number of benzene rings is 2. The minimum absolute atomic E-state index is 0.137. The van der Waals surface area contributed by atoms with Crippen molar-refractivity contribution in [3.63, 3.8) is 0 Å². The SMILES string of the molecule is CCOc1ccccc1-c1nc(CC(=O)NCc2nc(-c3ccc(OC)cc3)n[nH]2)cs1. The molecule has 0 atom stereocenters. The third kappa shape index (κ3) is 5.12. The highest BCUT2D eigenvalue weighted by molar-refractivity contribution is 7.13. The Morgan fingerprint density at radius 2 is 1.94 bits per heavy atom. The number of thiazole rings is 1. The number of aromatic nitrogens is 4. The third-order valence-electron chi connectivity index (χ3n) is 4.64. The van der Waals surface area contributed by atoms with E-state index in [0.717, 1.165) is 27.6 Å². The summed E-state index contributed by atoms with van der Waals surface area (Å²) in [5, 5.41) is 12.7. The topological polar surface area (TPSA) is 102 Å². The quantitative estimate of drug-likeness (QED) is 0.402. The van der Waals surface area contributed by atoms with Crippen LogP contribution >= 0.6 is 11.3 Å². The summed E-state index contributed by atoms with van der Waals surface area (Å²) < 4.78 is 10.8. The summed E-state index contributed by atoms with van der Waals surface area (Å²) in [4.78, 5) is 21.4. The predicted octanol–water partition coefficient (Wildman–Crippen LogP) is 3.86. The Hall–Kier alpha value is -3.72. The molecule has 0 radical (unpaired) electrons. The van der Waals surface area contributed by atoms with Crippen molar-refractivity contribution in [3.05, 3.63) is 65.4 Å². The van der Waals surface area contributed by atoms with Gasteiger partial charge in [0.25, 0.3) is 0 Å². The van der Waals surface area contributed by atoms with Crippen LogP contribution in [0.25, 0.3) is 22.0 Å². The molecule has 32 heavy (non-hydrogen) atoms. The zero-order valence-corrected chi connectivity index (χ0v) is 18.6. The van der Waals surface area contributed by atoms with Gasteiger partial charge in [0.2, 0.25) is 5.91 Å². The fourth-order valence-electron chi connectivity index (χ4n) is 3.09. The Balaban J connectivity index is 1.34. The van der Waals surface area contributed by atoms with Crippen molar-refractivity contribution in [3.8, 4) is 33.5 Å². The van der Waals surface area contributed by atoms with Crippen LogP contribution in [-0.4, -0.2) is 39.8 Å². The number of carbonyl (C=O) groups is 1. The van der Waals surface area contributed by atoms with Gasteiger partial charge in [0.15, 0.2) is 5.82 Å². The smallest absolute Gasteiger partial charge is 0.226 e. The fraction of sp³-hybridized carbons (Fsp3) is 0.217. The number of para-hydroxylation sites is 1. The molecule has 0 spiro atoms. The molecular weight excluding hydrogens is 426 g/mol. The van der Waals surface area contributed by atoms with E-state index in [0.29, 0.717) is 23.9 Å². The van der Waals surface area contributed by atoms with Crippen LogP contribution in [0.4, 0.5) is 0 Å². The maximum atomic E-state index is 12.4. The van der Waals surface area contributed by atoms with Crippen LogP contribution in [0.3, 0.4) is 0 Å². The van der Waals surface area contributed by atoms with E-state index < -0.39 is 0 Å². The Kier molecular flexibility index (Phi) is 6.76. The van der Waals surface area contributed by atoms with E-state index in [1.54, 1.807) is 7.11 Å². The minimum Gasteiger partial charge on any atom is -0.497 e. The van der Waals surface area contributed by atoms with Gasteiger partial charge in [-0.1, -0.05) is 12.1 Å². The van der Waals surface area contributed by atoms with Crippen molar-refractivity contribution >= 4 is 17.2 Å². The lowest BCUT2D eigenvalue weighted by molar-refractivity contribution is -0.120. The van der Waals surface area contributed by atoms with Crippen LogP contribution in [0.1, 0.15) is 18.4 Å². The molecule has 0 aliphatic rings. The number of H-pyrrole nitrogens is 1. The molecule has 0 saturated heterocycles. The highest BCUT2D eigenvalue weighted by Gasteiger charge is 2.13. The van der Waals surface area contributed by atoms with Gasteiger partial charge in [-0.05, 0) is 43.3 Å². The number of ether oxygens (including phenoxy) is 2. The number of nitrogens with zero attached hydrogens (tertiary/aromatic N) is 3. The van der Waals surface area contributed by atoms with E-state index in [1.165, 1.54) is 11.3 Å². The Labute approximate surface area is 189 Å². The molecule has 0 saturated carbocycles.